The third-order valence-electron chi connectivity index (χ3n) is 3.93. The number of rotatable bonds is 5. The van der Waals surface area contributed by atoms with Crippen molar-refractivity contribution in [3.05, 3.63) is 55.1 Å². The number of esters is 2. The Morgan fingerprint density at radius 1 is 0.931 bits per heavy atom. The Morgan fingerprint density at radius 2 is 1.45 bits per heavy atom. The van der Waals surface area contributed by atoms with Gasteiger partial charge in [0.15, 0.2) is 11.5 Å². The molecule has 0 atom stereocenters. The smallest absolute Gasteiger partial charge is 0.421 e. The number of alkyl halides is 3. The van der Waals surface area contributed by atoms with Gasteiger partial charge in [0.05, 0.1) is 16.5 Å². The number of ether oxygens (including phenoxy) is 3. The molecule has 1 heterocycles. The molecule has 0 unspecified atom stereocenters. The molecule has 0 saturated heterocycles. The summed E-state index contributed by atoms with van der Waals surface area (Å²) in [7, 11) is 1.31. The van der Waals surface area contributed by atoms with Crippen LogP contribution in [-0.4, -0.2) is 19.0 Å². The van der Waals surface area contributed by atoms with E-state index in [9.17, 15) is 22.8 Å². The number of carbonyl (C=O) groups is 2. The summed E-state index contributed by atoms with van der Waals surface area (Å²) in [6.45, 7) is 6.49. The summed E-state index contributed by atoms with van der Waals surface area (Å²) in [6.07, 6.45) is -3.06. The van der Waals surface area contributed by atoms with E-state index in [1.807, 2.05) is 0 Å². The second-order valence-electron chi connectivity index (χ2n) is 5.64. The average Bonchev–Trinajstić information content (AvgIpc) is 3.04. The fourth-order valence-corrected chi connectivity index (χ4v) is 4.15. The highest BCUT2D eigenvalue weighted by atomic mass is 32.1. The Hall–Kier alpha value is -3.33. The van der Waals surface area contributed by atoms with Crippen LogP contribution in [0.2, 0.25) is 0 Å². The summed E-state index contributed by atoms with van der Waals surface area (Å²) in [5.41, 5.74) is -1.09. The average molecular weight is 422 g/mol. The van der Waals surface area contributed by atoms with Crippen molar-refractivity contribution < 1.29 is 37.0 Å². The Labute approximate surface area is 166 Å². The Morgan fingerprint density at radius 3 is 1.97 bits per heavy atom. The fraction of sp³-hybridized carbons (Fsp3) is 0.100. The van der Waals surface area contributed by atoms with E-state index in [4.69, 9.17) is 14.2 Å². The maximum absolute atomic E-state index is 13.8. The summed E-state index contributed by atoms with van der Waals surface area (Å²) >= 11 is 0.785. The molecule has 3 aromatic rings. The molecule has 0 spiro atoms. The molecule has 0 fully saturated rings. The zero-order valence-electron chi connectivity index (χ0n) is 15.0. The van der Waals surface area contributed by atoms with Crippen LogP contribution in [0, 0.1) is 0 Å². The van der Waals surface area contributed by atoms with Crippen LogP contribution in [-0.2, 0) is 15.8 Å². The van der Waals surface area contributed by atoms with Gasteiger partial charge in [-0.3, -0.25) is 0 Å². The molecule has 3 rings (SSSR count). The molecule has 2 aromatic carbocycles. The van der Waals surface area contributed by atoms with Gasteiger partial charge in [-0.2, -0.15) is 13.2 Å². The topological polar surface area (TPSA) is 61.8 Å². The third-order valence-corrected chi connectivity index (χ3v) is 5.17. The molecule has 0 amide bonds. The number of halogens is 3. The van der Waals surface area contributed by atoms with Crippen LogP contribution in [0.3, 0.4) is 0 Å². The predicted octanol–water partition coefficient (Wildman–Crippen LogP) is 5.26. The summed E-state index contributed by atoms with van der Waals surface area (Å²) in [5.74, 6) is -2.22. The summed E-state index contributed by atoms with van der Waals surface area (Å²) < 4.78 is 56.8. The number of benzene rings is 2. The Kier molecular flexibility index (Phi) is 5.34. The van der Waals surface area contributed by atoms with Gasteiger partial charge in [0.2, 0.25) is 0 Å². The van der Waals surface area contributed by atoms with Crippen LogP contribution in [0.4, 0.5) is 13.2 Å². The maximum atomic E-state index is 13.8. The van der Waals surface area contributed by atoms with Crippen molar-refractivity contribution in [3.63, 3.8) is 0 Å². The van der Waals surface area contributed by atoms with Crippen LogP contribution in [0.5, 0.6) is 17.2 Å². The normalized spacial score (nSPS) is 11.3. The fourth-order valence-electron chi connectivity index (χ4n) is 2.77. The lowest BCUT2D eigenvalue weighted by Crippen LogP contribution is -2.11. The number of hydrogen-bond donors (Lipinski definition) is 0. The van der Waals surface area contributed by atoms with E-state index in [0.29, 0.717) is 10.1 Å². The lowest BCUT2D eigenvalue weighted by molar-refractivity contribution is -0.139. The van der Waals surface area contributed by atoms with Gasteiger partial charge in [-0.15, -0.1) is 11.3 Å². The predicted molar refractivity (Wildman–Crippen MR) is 103 cm³/mol. The minimum absolute atomic E-state index is 0.0447. The van der Waals surface area contributed by atoms with Crippen LogP contribution in [0.1, 0.15) is 5.56 Å². The van der Waals surface area contributed by atoms with Gasteiger partial charge in [-0.05, 0) is 24.3 Å². The van der Waals surface area contributed by atoms with Gasteiger partial charge in [-0.1, -0.05) is 13.2 Å². The van der Waals surface area contributed by atoms with E-state index in [1.54, 1.807) is 0 Å². The first-order valence-electron chi connectivity index (χ1n) is 8.03. The number of methoxy groups -OCH3 is 1. The molecular weight excluding hydrogens is 409 g/mol. The second-order valence-corrected chi connectivity index (χ2v) is 6.66. The molecule has 150 valence electrons. The van der Waals surface area contributed by atoms with Crippen molar-refractivity contribution in [1.29, 1.82) is 0 Å². The molecule has 0 bridgehead atoms. The molecule has 0 aliphatic rings. The van der Waals surface area contributed by atoms with Crippen molar-refractivity contribution >= 4 is 43.4 Å². The molecule has 0 saturated carbocycles. The molecule has 1 aromatic heterocycles. The first-order chi connectivity index (χ1) is 13.7. The summed E-state index contributed by atoms with van der Waals surface area (Å²) in [6, 6.07) is 5.45. The molecule has 29 heavy (non-hydrogen) atoms. The molecule has 0 N–H and O–H groups in total. The quantitative estimate of drug-likeness (QED) is 0.319. The van der Waals surface area contributed by atoms with E-state index in [0.717, 1.165) is 29.6 Å². The number of thiophene rings is 1. The summed E-state index contributed by atoms with van der Waals surface area (Å²) in [5, 5.41) is 0.753. The molecule has 0 aliphatic carbocycles. The van der Waals surface area contributed by atoms with Crippen LogP contribution < -0.4 is 14.2 Å². The standard InChI is InChI=1S/C20H13F3O5S/c1-4-14(24)27-12-8-6-10-11-7-9-13(28-15(25)5-2)17(26-3)19(11)29-18(10)16(12)20(21,22)23/h4-9H,1-2H2,3H3. The molecule has 0 radical (unpaired) electrons. The van der Waals surface area contributed by atoms with E-state index in [1.165, 1.54) is 25.3 Å². The lowest BCUT2D eigenvalue weighted by Gasteiger charge is -2.13. The molecule has 9 heteroatoms. The van der Waals surface area contributed by atoms with E-state index < -0.39 is 29.4 Å². The SMILES string of the molecule is C=CC(=O)Oc1ccc2c(sc3c(C(F)(F)F)c(OC(=O)C=C)ccc32)c1OC. The van der Waals surface area contributed by atoms with Crippen molar-refractivity contribution in [2.24, 2.45) is 0 Å². The molecule has 5 nitrogen and oxygen atoms in total. The van der Waals surface area contributed by atoms with Gasteiger partial charge >= 0.3 is 18.1 Å². The maximum Gasteiger partial charge on any atom is 0.421 e. The van der Waals surface area contributed by atoms with Gasteiger partial charge in [0.25, 0.3) is 0 Å². The number of hydrogen-bond acceptors (Lipinski definition) is 6. The zero-order valence-corrected chi connectivity index (χ0v) is 15.8. The highest BCUT2D eigenvalue weighted by molar-refractivity contribution is 7.26. The zero-order chi connectivity index (χ0) is 21.3. The Bertz CT molecular complexity index is 1160. The van der Waals surface area contributed by atoms with Crippen molar-refractivity contribution in [2.45, 2.75) is 6.18 Å². The van der Waals surface area contributed by atoms with E-state index >= 15 is 0 Å². The van der Waals surface area contributed by atoms with E-state index in [-0.39, 0.29) is 21.6 Å². The van der Waals surface area contributed by atoms with Gasteiger partial charge in [-0.25, -0.2) is 9.59 Å². The third kappa shape index (κ3) is 3.68. The highest BCUT2D eigenvalue weighted by Crippen LogP contribution is 2.50. The molecule has 0 aliphatic heterocycles. The largest absolute Gasteiger partial charge is 0.491 e. The first-order valence-corrected chi connectivity index (χ1v) is 8.84. The van der Waals surface area contributed by atoms with Gasteiger partial charge in [0, 0.05) is 22.9 Å². The second kappa shape index (κ2) is 7.59. The summed E-state index contributed by atoms with van der Waals surface area (Å²) in [4.78, 5) is 23.0. The number of fused-ring (bicyclic) bond motifs is 3. The minimum Gasteiger partial charge on any atom is -0.491 e. The van der Waals surface area contributed by atoms with Crippen molar-refractivity contribution in [2.75, 3.05) is 7.11 Å². The van der Waals surface area contributed by atoms with E-state index in [2.05, 4.69) is 13.2 Å². The first kappa shape index (κ1) is 20.4. The Balaban J connectivity index is 2.34. The van der Waals surface area contributed by atoms with Gasteiger partial charge < -0.3 is 14.2 Å². The number of carbonyl (C=O) groups excluding carboxylic acids is 2. The van der Waals surface area contributed by atoms with Gasteiger partial charge in [0.1, 0.15) is 11.3 Å². The van der Waals surface area contributed by atoms with Crippen LogP contribution >= 0.6 is 11.3 Å². The lowest BCUT2D eigenvalue weighted by atomic mass is 10.1. The van der Waals surface area contributed by atoms with Crippen molar-refractivity contribution in [1.82, 2.24) is 0 Å². The highest BCUT2D eigenvalue weighted by Gasteiger charge is 2.38. The monoisotopic (exact) mass is 422 g/mol. The van der Waals surface area contributed by atoms with Crippen LogP contribution in [0.15, 0.2) is 49.6 Å². The minimum atomic E-state index is -4.79. The van der Waals surface area contributed by atoms with Crippen molar-refractivity contribution in [3.8, 4) is 17.2 Å². The molecular formula is C20H13F3O5S. The van der Waals surface area contributed by atoms with Crippen LogP contribution in [0.25, 0.3) is 20.2 Å².